The second kappa shape index (κ2) is 6.93. The van der Waals surface area contributed by atoms with E-state index in [0.717, 1.165) is 24.5 Å². The van der Waals surface area contributed by atoms with E-state index in [9.17, 15) is 13.6 Å². The number of nitrogens with one attached hydrogen (secondary N) is 1. The third kappa shape index (κ3) is 2.97. The lowest BCUT2D eigenvalue weighted by atomic mass is 9.82. The van der Waals surface area contributed by atoms with E-state index in [2.05, 4.69) is 15.1 Å². The number of hydrogen-bond donors (Lipinski definition) is 1. The Bertz CT molecular complexity index is 1290. The molecular weight excluding hydrogens is 414 g/mol. The summed E-state index contributed by atoms with van der Waals surface area (Å²) in [7, 11) is 0. The molecule has 1 aliphatic heterocycles. The molecule has 3 heterocycles. The highest BCUT2D eigenvalue weighted by molar-refractivity contribution is 6.04. The van der Waals surface area contributed by atoms with Gasteiger partial charge in [-0.2, -0.15) is 13.9 Å². The normalized spacial score (nSPS) is 18.8. The summed E-state index contributed by atoms with van der Waals surface area (Å²) in [4.78, 5) is 21.0. The van der Waals surface area contributed by atoms with Gasteiger partial charge in [0.2, 0.25) is 5.91 Å². The molecule has 5 rings (SSSR count). The van der Waals surface area contributed by atoms with Crippen LogP contribution in [0.4, 0.5) is 23.2 Å². The minimum absolute atomic E-state index is 0.0781. The van der Waals surface area contributed by atoms with Crippen LogP contribution in [0.5, 0.6) is 0 Å². The van der Waals surface area contributed by atoms with Gasteiger partial charge in [0.1, 0.15) is 11.6 Å². The maximum absolute atomic E-state index is 15.1. The number of amides is 1. The largest absolute Gasteiger partial charge is 0.345 e. The minimum atomic E-state index is -2.86. The molecule has 31 heavy (non-hydrogen) atoms. The summed E-state index contributed by atoms with van der Waals surface area (Å²) in [6, 6.07) is 6.37. The molecule has 0 unspecified atom stereocenters. The number of alkyl halides is 2. The number of hydrogen-bond acceptors (Lipinski definition) is 3. The van der Waals surface area contributed by atoms with Crippen LogP contribution < -0.4 is 4.90 Å². The zero-order chi connectivity index (χ0) is 21.9. The van der Waals surface area contributed by atoms with Crippen molar-refractivity contribution in [3.63, 3.8) is 0 Å². The Morgan fingerprint density at radius 3 is 2.52 bits per heavy atom. The quantitative estimate of drug-likeness (QED) is 0.374. The van der Waals surface area contributed by atoms with Crippen molar-refractivity contribution in [3.05, 3.63) is 66.3 Å². The molecule has 0 bridgehead atoms. The second-order valence-corrected chi connectivity index (χ2v) is 7.39. The number of aromatic nitrogens is 4. The highest BCUT2D eigenvalue weighted by Gasteiger charge is 2.48. The van der Waals surface area contributed by atoms with Gasteiger partial charge in [-0.1, -0.05) is 6.92 Å². The molecule has 1 aliphatic rings. The van der Waals surface area contributed by atoms with Gasteiger partial charge < -0.3 is 9.88 Å². The monoisotopic (exact) mass is 429 g/mol. The van der Waals surface area contributed by atoms with Crippen LogP contribution >= 0.6 is 0 Å². The molecule has 158 valence electrons. The van der Waals surface area contributed by atoms with E-state index in [1.165, 1.54) is 11.2 Å². The van der Waals surface area contributed by atoms with Gasteiger partial charge >= 0.3 is 6.55 Å². The average Bonchev–Trinajstić information content (AvgIpc) is 3.41. The second-order valence-electron chi connectivity index (χ2n) is 7.39. The van der Waals surface area contributed by atoms with E-state index < -0.39 is 30.1 Å². The molecule has 2 atom stereocenters. The average molecular weight is 429 g/mol. The van der Waals surface area contributed by atoms with Crippen LogP contribution in [-0.2, 0) is 4.79 Å². The number of benzene rings is 2. The summed E-state index contributed by atoms with van der Waals surface area (Å²) in [5, 5.41) is 3.49. The number of aromatic amines is 1. The van der Waals surface area contributed by atoms with Crippen molar-refractivity contribution in [2.24, 2.45) is 5.92 Å². The van der Waals surface area contributed by atoms with Gasteiger partial charge in [0.15, 0.2) is 0 Å². The Balaban J connectivity index is 1.54. The summed E-state index contributed by atoms with van der Waals surface area (Å²) in [6.07, 6.45) is 3.64. The van der Waals surface area contributed by atoms with Gasteiger partial charge in [-0.05, 0) is 35.9 Å². The third-order valence-corrected chi connectivity index (χ3v) is 5.57. The van der Waals surface area contributed by atoms with Crippen molar-refractivity contribution in [1.82, 2.24) is 19.7 Å². The fourth-order valence-corrected chi connectivity index (χ4v) is 4.00. The highest BCUT2D eigenvalue weighted by atomic mass is 19.3. The van der Waals surface area contributed by atoms with E-state index in [1.807, 2.05) is 0 Å². The van der Waals surface area contributed by atoms with Crippen molar-refractivity contribution >= 4 is 22.6 Å². The van der Waals surface area contributed by atoms with Crippen molar-refractivity contribution in [3.8, 4) is 11.1 Å². The third-order valence-electron chi connectivity index (χ3n) is 5.57. The lowest BCUT2D eigenvalue weighted by molar-refractivity contribution is -0.129. The molecule has 1 fully saturated rings. The number of rotatable bonds is 4. The number of carbonyl (C=O) groups is 1. The number of halogens is 4. The van der Waals surface area contributed by atoms with Gasteiger partial charge in [0.05, 0.1) is 35.5 Å². The van der Waals surface area contributed by atoms with E-state index in [0.29, 0.717) is 21.4 Å². The number of β-lactam (4-membered cyclic amide) rings is 1. The molecule has 1 N–H and O–H groups in total. The van der Waals surface area contributed by atoms with E-state index in [-0.39, 0.29) is 22.6 Å². The topological polar surface area (TPSA) is 66.8 Å². The highest BCUT2D eigenvalue weighted by Crippen LogP contribution is 2.45. The van der Waals surface area contributed by atoms with E-state index in [1.54, 1.807) is 25.1 Å². The molecule has 2 aromatic carbocycles. The van der Waals surface area contributed by atoms with Crippen LogP contribution in [0.2, 0.25) is 0 Å². The Hall–Kier alpha value is -3.69. The molecular formula is C21H15F4N5O. The first-order chi connectivity index (χ1) is 14.8. The van der Waals surface area contributed by atoms with Crippen molar-refractivity contribution in [2.45, 2.75) is 19.5 Å². The van der Waals surface area contributed by atoms with Crippen LogP contribution in [0.3, 0.4) is 0 Å². The van der Waals surface area contributed by atoms with Crippen molar-refractivity contribution < 1.29 is 22.4 Å². The number of H-pyrrole nitrogens is 1. The molecule has 6 nitrogen and oxygen atoms in total. The molecule has 0 saturated carbocycles. The number of nitrogens with zero attached hydrogens (tertiary/aromatic N) is 4. The van der Waals surface area contributed by atoms with Crippen LogP contribution in [0, 0.1) is 17.6 Å². The number of carbonyl (C=O) groups excluding carboxylic acids is 1. The maximum atomic E-state index is 15.1. The van der Waals surface area contributed by atoms with Crippen LogP contribution in [0.1, 0.15) is 25.1 Å². The van der Waals surface area contributed by atoms with Crippen molar-refractivity contribution in [1.29, 1.82) is 0 Å². The van der Waals surface area contributed by atoms with Crippen LogP contribution in [0.15, 0.2) is 49.1 Å². The van der Waals surface area contributed by atoms with Gasteiger partial charge in [0, 0.05) is 23.0 Å². The van der Waals surface area contributed by atoms with Crippen LogP contribution in [0.25, 0.3) is 22.2 Å². The van der Waals surface area contributed by atoms with Gasteiger partial charge in [0.25, 0.3) is 0 Å². The first-order valence-corrected chi connectivity index (χ1v) is 9.43. The van der Waals surface area contributed by atoms with Gasteiger partial charge in [-0.25, -0.2) is 18.4 Å². The number of anilines is 1. The summed E-state index contributed by atoms with van der Waals surface area (Å²) >= 11 is 0. The fraction of sp³-hybridized carbons (Fsp3) is 0.190. The lowest BCUT2D eigenvalue weighted by Crippen LogP contribution is -2.54. The Morgan fingerprint density at radius 1 is 1.10 bits per heavy atom. The summed E-state index contributed by atoms with van der Waals surface area (Å²) < 4.78 is 56.0. The van der Waals surface area contributed by atoms with E-state index in [4.69, 9.17) is 0 Å². The summed E-state index contributed by atoms with van der Waals surface area (Å²) in [6.45, 7) is -1.25. The smallest absolute Gasteiger partial charge is 0.333 e. The molecule has 1 saturated heterocycles. The molecule has 10 heteroatoms. The zero-order valence-electron chi connectivity index (χ0n) is 16.1. The first-order valence-electron chi connectivity index (χ1n) is 9.43. The summed E-state index contributed by atoms with van der Waals surface area (Å²) in [5.41, 5.74) is 1.87. The molecule has 2 aromatic heterocycles. The Labute approximate surface area is 173 Å². The fourth-order valence-electron chi connectivity index (χ4n) is 4.00. The summed E-state index contributed by atoms with van der Waals surface area (Å²) in [5.74, 6) is -2.62. The predicted molar refractivity (Wildman–Crippen MR) is 104 cm³/mol. The molecule has 0 spiro atoms. The first kappa shape index (κ1) is 19.3. The molecule has 0 radical (unpaired) electrons. The standard InChI is InChI=1S/C21H15F4N5O/c1-10-19(30(20(10)31)13-2-3-16-17(6-13)27-9-26-16)18-14(22)4-11(5-15(18)23)12-7-28-29(8-12)21(24)25/h2-10,19,21H,1H3,(H,26,27)/t10-,19-/m1/s1. The number of imidazole rings is 1. The predicted octanol–water partition coefficient (Wildman–Crippen LogP) is 4.82. The molecule has 1 amide bonds. The van der Waals surface area contributed by atoms with E-state index >= 15 is 8.78 Å². The Kier molecular flexibility index (Phi) is 4.31. The number of fused-ring (bicyclic) bond motifs is 1. The SMILES string of the molecule is C[C@H]1C(=O)N(c2ccc3nc[nH]c3c2)[C@H]1c1c(F)cc(-c2cnn(C(F)F)c2)cc1F. The van der Waals surface area contributed by atoms with Crippen LogP contribution in [-0.4, -0.2) is 25.7 Å². The maximum Gasteiger partial charge on any atom is 0.333 e. The lowest BCUT2D eigenvalue weighted by Gasteiger charge is -2.46. The Morgan fingerprint density at radius 2 is 1.84 bits per heavy atom. The van der Waals surface area contributed by atoms with Gasteiger partial charge in [-0.3, -0.25) is 4.79 Å². The minimum Gasteiger partial charge on any atom is -0.345 e. The molecule has 4 aromatic rings. The zero-order valence-corrected chi connectivity index (χ0v) is 16.1. The van der Waals surface area contributed by atoms with Crippen molar-refractivity contribution in [2.75, 3.05) is 4.90 Å². The van der Waals surface area contributed by atoms with Gasteiger partial charge in [-0.15, -0.1) is 0 Å². The molecule has 0 aliphatic carbocycles.